The topological polar surface area (TPSA) is 35.5 Å². The molecule has 0 unspecified atom stereocenters. The number of aryl methyl sites for hydroxylation is 1. The summed E-state index contributed by atoms with van der Waals surface area (Å²) < 4.78 is 38.6. The van der Waals surface area contributed by atoms with Crippen molar-refractivity contribution in [2.24, 2.45) is 0 Å². The van der Waals surface area contributed by atoms with Crippen LogP contribution in [0.1, 0.15) is 49.0 Å². The maximum atomic E-state index is 14.3. The van der Waals surface area contributed by atoms with Crippen LogP contribution in [0.3, 0.4) is 0 Å². The fraction of sp³-hybridized carbons (Fsp3) is 0.182. The molecule has 4 rings (SSSR count). The second-order valence-electron chi connectivity index (χ2n) is 8.98. The number of hydrogen-bond donors (Lipinski definition) is 0. The molecule has 4 aromatic carbocycles. The molecule has 4 aromatic rings. The number of allylic oxidation sites excluding steroid dienone is 1. The van der Waals surface area contributed by atoms with E-state index in [4.69, 9.17) is 9.47 Å². The van der Waals surface area contributed by atoms with E-state index in [2.05, 4.69) is 43.3 Å². The van der Waals surface area contributed by atoms with Gasteiger partial charge in [0.15, 0.2) is 11.5 Å². The molecule has 3 nitrogen and oxygen atoms in total. The largest absolute Gasteiger partial charge is 0.462 e. The lowest BCUT2D eigenvalue weighted by Gasteiger charge is -2.09. The molecule has 0 aromatic heterocycles. The molecule has 0 bridgehead atoms. The molecule has 5 heteroatoms. The third-order valence-corrected chi connectivity index (χ3v) is 6.24. The Labute approximate surface area is 222 Å². The Morgan fingerprint density at radius 3 is 1.76 bits per heavy atom. The molecule has 38 heavy (non-hydrogen) atoms. The quantitative estimate of drug-likeness (QED) is 0.0920. The first kappa shape index (κ1) is 26.8. The van der Waals surface area contributed by atoms with Gasteiger partial charge in [-0.2, -0.15) is 8.78 Å². The fourth-order valence-electron chi connectivity index (χ4n) is 4.08. The molecule has 0 atom stereocenters. The summed E-state index contributed by atoms with van der Waals surface area (Å²) in [7, 11) is 0. The molecule has 0 saturated heterocycles. The van der Waals surface area contributed by atoms with Crippen molar-refractivity contribution in [3.05, 3.63) is 120 Å². The highest BCUT2D eigenvalue weighted by Gasteiger charge is 2.19. The molecule has 0 radical (unpaired) electrons. The van der Waals surface area contributed by atoms with Gasteiger partial charge < -0.3 is 9.47 Å². The normalized spacial score (nSPS) is 11.1. The number of hydrogen-bond acceptors (Lipinski definition) is 3. The van der Waals surface area contributed by atoms with Crippen molar-refractivity contribution in [3.63, 3.8) is 0 Å². The lowest BCUT2D eigenvalue weighted by Crippen LogP contribution is -2.10. The maximum Gasteiger partial charge on any atom is 0.343 e. The first-order valence-corrected chi connectivity index (χ1v) is 12.8. The van der Waals surface area contributed by atoms with Crippen LogP contribution < -0.4 is 9.47 Å². The molecule has 0 fully saturated rings. The molecule has 0 heterocycles. The van der Waals surface area contributed by atoms with Crippen LogP contribution in [-0.4, -0.2) is 5.97 Å². The number of benzene rings is 4. The predicted molar refractivity (Wildman–Crippen MR) is 147 cm³/mol. The van der Waals surface area contributed by atoms with E-state index in [-0.39, 0.29) is 11.3 Å². The maximum absolute atomic E-state index is 14.3. The van der Waals surface area contributed by atoms with Gasteiger partial charge in [-0.15, -0.1) is 0 Å². The van der Waals surface area contributed by atoms with Crippen LogP contribution in [0.15, 0.2) is 97.3 Å². The van der Waals surface area contributed by atoms with Crippen LogP contribution in [0.5, 0.6) is 11.5 Å². The molecule has 0 aliphatic rings. The lowest BCUT2D eigenvalue weighted by atomic mass is 9.98. The summed E-state index contributed by atoms with van der Waals surface area (Å²) in [5, 5.41) is 0. The van der Waals surface area contributed by atoms with Crippen LogP contribution in [0.2, 0.25) is 0 Å². The van der Waals surface area contributed by atoms with Gasteiger partial charge in [0, 0.05) is 0 Å². The Morgan fingerprint density at radius 1 is 0.711 bits per heavy atom. The van der Waals surface area contributed by atoms with Crippen molar-refractivity contribution in [1.82, 2.24) is 0 Å². The predicted octanol–water partition coefficient (Wildman–Crippen LogP) is 9.16. The second kappa shape index (κ2) is 12.8. The number of carbonyl (C=O) groups is 1. The highest BCUT2D eigenvalue weighted by molar-refractivity contribution is 5.91. The van der Waals surface area contributed by atoms with E-state index in [0.717, 1.165) is 29.2 Å². The van der Waals surface area contributed by atoms with Crippen molar-refractivity contribution < 1.29 is 23.0 Å². The molecule has 0 aliphatic heterocycles. The molecule has 0 spiro atoms. The fourth-order valence-corrected chi connectivity index (χ4v) is 4.08. The number of carbonyl (C=O) groups excluding carboxylic acids is 1. The first-order valence-electron chi connectivity index (χ1n) is 12.8. The number of rotatable bonds is 10. The number of esters is 1. The Kier molecular flexibility index (Phi) is 9.04. The average molecular weight is 513 g/mol. The second-order valence-corrected chi connectivity index (χ2v) is 8.98. The smallest absolute Gasteiger partial charge is 0.343 e. The van der Waals surface area contributed by atoms with E-state index >= 15 is 0 Å². The molecular weight excluding hydrogens is 482 g/mol. The third kappa shape index (κ3) is 6.54. The highest BCUT2D eigenvalue weighted by Crippen LogP contribution is 2.29. The standard InChI is InChI=1S/C33H30F2O3/c1-3-5-6-7-23-8-10-24(11-9-23)25-12-14-26(15-13-25)27-16-18-28(19-17-27)33(36)38-30-21-20-29(37-22-4-2)31(34)32(30)35/h4,8-22H,3,5-7H2,1-2H3. The van der Waals surface area contributed by atoms with Gasteiger partial charge in [0.2, 0.25) is 11.6 Å². The van der Waals surface area contributed by atoms with Gasteiger partial charge in [-0.25, -0.2) is 4.79 Å². The minimum Gasteiger partial charge on any atom is -0.462 e. The van der Waals surface area contributed by atoms with E-state index in [1.165, 1.54) is 48.8 Å². The van der Waals surface area contributed by atoms with Crippen LogP contribution >= 0.6 is 0 Å². The van der Waals surface area contributed by atoms with E-state index in [9.17, 15) is 13.6 Å². The zero-order valence-corrected chi connectivity index (χ0v) is 21.5. The van der Waals surface area contributed by atoms with Gasteiger partial charge in [0.1, 0.15) is 0 Å². The summed E-state index contributed by atoms with van der Waals surface area (Å²) in [5.74, 6) is -4.10. The zero-order chi connectivity index (χ0) is 26.9. The SMILES string of the molecule is CC=COc1ccc(OC(=O)c2ccc(-c3ccc(-c4ccc(CCCCC)cc4)cc3)cc2)c(F)c1F. The van der Waals surface area contributed by atoms with Gasteiger partial charge in [0.05, 0.1) is 11.8 Å². The van der Waals surface area contributed by atoms with E-state index in [0.29, 0.717) is 0 Å². The van der Waals surface area contributed by atoms with Crippen LogP contribution in [0.4, 0.5) is 8.78 Å². The molecule has 0 saturated carbocycles. The van der Waals surface area contributed by atoms with Gasteiger partial charge in [-0.1, -0.05) is 86.5 Å². The van der Waals surface area contributed by atoms with Crippen LogP contribution in [-0.2, 0) is 6.42 Å². The van der Waals surface area contributed by atoms with Crippen molar-refractivity contribution in [2.45, 2.75) is 39.5 Å². The minimum absolute atomic E-state index is 0.221. The monoisotopic (exact) mass is 512 g/mol. The molecule has 194 valence electrons. The van der Waals surface area contributed by atoms with Crippen molar-refractivity contribution in [2.75, 3.05) is 0 Å². The zero-order valence-electron chi connectivity index (χ0n) is 21.5. The molecule has 0 aliphatic carbocycles. The molecular formula is C33H30F2O3. The summed E-state index contributed by atoms with van der Waals surface area (Å²) in [4.78, 5) is 12.5. The van der Waals surface area contributed by atoms with Gasteiger partial charge >= 0.3 is 5.97 Å². The van der Waals surface area contributed by atoms with Crippen LogP contribution in [0.25, 0.3) is 22.3 Å². The summed E-state index contributed by atoms with van der Waals surface area (Å²) in [6.07, 6.45) is 7.57. The Hall–Kier alpha value is -4.25. The first-order chi connectivity index (χ1) is 18.5. The number of ether oxygens (including phenoxy) is 2. The highest BCUT2D eigenvalue weighted by atomic mass is 19.2. The summed E-state index contributed by atoms with van der Waals surface area (Å²) in [6, 6.07) is 26.1. The Bertz CT molecular complexity index is 1390. The lowest BCUT2D eigenvalue weighted by molar-refractivity contribution is 0.0726. The third-order valence-electron chi connectivity index (χ3n) is 6.24. The van der Waals surface area contributed by atoms with Crippen molar-refractivity contribution >= 4 is 5.97 Å². The van der Waals surface area contributed by atoms with Crippen molar-refractivity contribution in [1.29, 1.82) is 0 Å². The van der Waals surface area contributed by atoms with E-state index in [1.807, 2.05) is 12.1 Å². The van der Waals surface area contributed by atoms with Gasteiger partial charge in [0.25, 0.3) is 0 Å². The number of halogens is 2. The average Bonchev–Trinajstić information content (AvgIpc) is 2.96. The van der Waals surface area contributed by atoms with Crippen LogP contribution in [0, 0.1) is 11.6 Å². The van der Waals surface area contributed by atoms with E-state index in [1.54, 1.807) is 31.2 Å². The Morgan fingerprint density at radius 2 is 1.21 bits per heavy atom. The van der Waals surface area contributed by atoms with Gasteiger partial charge in [-0.05, 0) is 71.8 Å². The summed E-state index contributed by atoms with van der Waals surface area (Å²) >= 11 is 0. The molecule has 0 amide bonds. The minimum atomic E-state index is -1.29. The summed E-state index contributed by atoms with van der Waals surface area (Å²) in [6.45, 7) is 3.89. The Balaban J connectivity index is 1.41. The number of unbranched alkanes of at least 4 members (excludes halogenated alkanes) is 2. The van der Waals surface area contributed by atoms with Crippen molar-refractivity contribution in [3.8, 4) is 33.8 Å². The van der Waals surface area contributed by atoms with E-state index < -0.39 is 23.4 Å². The molecule has 0 N–H and O–H groups in total. The van der Waals surface area contributed by atoms with Gasteiger partial charge in [-0.3, -0.25) is 0 Å². The summed E-state index contributed by atoms with van der Waals surface area (Å²) in [5.41, 5.74) is 5.79.